The van der Waals surface area contributed by atoms with Gasteiger partial charge in [0.05, 0.1) is 29.4 Å². The number of benzene rings is 2. The fraction of sp³-hybridized carbons (Fsp3) is 0.0833. The third kappa shape index (κ3) is 3.81. The minimum atomic E-state index is -0.248. The highest BCUT2D eigenvalue weighted by atomic mass is 16.1. The van der Waals surface area contributed by atoms with Crippen LogP contribution in [0.3, 0.4) is 0 Å². The maximum atomic E-state index is 13.2. The largest absolute Gasteiger partial charge is 0.305 e. The summed E-state index contributed by atoms with van der Waals surface area (Å²) in [6, 6.07) is 23.5. The first-order valence-corrected chi connectivity index (χ1v) is 9.94. The lowest BCUT2D eigenvalue weighted by Gasteiger charge is -2.09. The first-order valence-electron chi connectivity index (χ1n) is 9.94. The van der Waals surface area contributed by atoms with Crippen LogP contribution < -0.4 is 5.32 Å². The number of pyridine rings is 1. The van der Waals surface area contributed by atoms with E-state index in [-0.39, 0.29) is 5.91 Å². The van der Waals surface area contributed by atoms with Crippen molar-refractivity contribution in [3.05, 3.63) is 96.3 Å². The Labute approximate surface area is 179 Å². The van der Waals surface area contributed by atoms with Crippen LogP contribution in [0.25, 0.3) is 22.3 Å². The second-order valence-corrected chi connectivity index (χ2v) is 7.27. The maximum Gasteiger partial charge on any atom is 0.257 e. The molecule has 5 aromatic rings. The highest BCUT2D eigenvalue weighted by Crippen LogP contribution is 2.26. The summed E-state index contributed by atoms with van der Waals surface area (Å²) in [5.41, 5.74) is 3.93. The highest BCUT2D eigenvalue weighted by molar-refractivity contribution is 6.12. The predicted molar refractivity (Wildman–Crippen MR) is 120 cm³/mol. The Kier molecular flexibility index (Phi) is 4.76. The summed E-state index contributed by atoms with van der Waals surface area (Å²) < 4.78 is 3.47. The number of hydrogen-bond donors (Lipinski definition) is 1. The number of amides is 1. The standard InChI is InChI=1S/C24H20N6O/c1-29-13-12-22(28-29)27-24(31)19-14-21(18-10-6-3-7-11-18)26-23-20(19)15-25-30(23)16-17-8-4-2-5-9-17/h2-15H,16H2,1H3,(H,27,28,31). The van der Waals surface area contributed by atoms with Gasteiger partial charge in [0.25, 0.3) is 5.91 Å². The van der Waals surface area contributed by atoms with Gasteiger partial charge in [-0.2, -0.15) is 10.2 Å². The summed E-state index contributed by atoms with van der Waals surface area (Å²) in [7, 11) is 1.81. The summed E-state index contributed by atoms with van der Waals surface area (Å²) in [6.07, 6.45) is 3.48. The molecular weight excluding hydrogens is 388 g/mol. The molecule has 0 aliphatic carbocycles. The minimum Gasteiger partial charge on any atom is -0.305 e. The van der Waals surface area contributed by atoms with Gasteiger partial charge in [0.2, 0.25) is 0 Å². The smallest absolute Gasteiger partial charge is 0.257 e. The first-order chi connectivity index (χ1) is 15.2. The van der Waals surface area contributed by atoms with Crippen LogP contribution in [0.2, 0.25) is 0 Å². The summed E-state index contributed by atoms with van der Waals surface area (Å²) >= 11 is 0. The van der Waals surface area contributed by atoms with E-state index in [1.807, 2.05) is 71.4 Å². The van der Waals surface area contributed by atoms with Crippen LogP contribution in [0.4, 0.5) is 5.82 Å². The van der Waals surface area contributed by atoms with Gasteiger partial charge >= 0.3 is 0 Å². The lowest BCUT2D eigenvalue weighted by molar-refractivity contribution is 0.102. The van der Waals surface area contributed by atoms with Gasteiger partial charge in [0, 0.05) is 24.9 Å². The molecule has 0 fully saturated rings. The van der Waals surface area contributed by atoms with E-state index >= 15 is 0 Å². The number of fused-ring (bicyclic) bond motifs is 1. The van der Waals surface area contributed by atoms with Gasteiger partial charge in [-0.25, -0.2) is 9.67 Å². The van der Waals surface area contributed by atoms with E-state index < -0.39 is 0 Å². The Bertz CT molecular complexity index is 1360. The van der Waals surface area contributed by atoms with Crippen LogP contribution in [-0.4, -0.2) is 30.5 Å². The molecule has 0 saturated heterocycles. The third-order valence-electron chi connectivity index (χ3n) is 5.05. The lowest BCUT2D eigenvalue weighted by Crippen LogP contribution is -2.14. The van der Waals surface area contributed by atoms with Gasteiger partial charge in [-0.1, -0.05) is 60.7 Å². The number of carbonyl (C=O) groups excluding carboxylic acids is 1. The Morgan fingerprint density at radius 2 is 1.74 bits per heavy atom. The van der Waals surface area contributed by atoms with Crippen LogP contribution >= 0.6 is 0 Å². The highest BCUT2D eigenvalue weighted by Gasteiger charge is 2.18. The molecule has 31 heavy (non-hydrogen) atoms. The molecule has 2 aromatic carbocycles. The van der Waals surface area contributed by atoms with Crippen LogP contribution in [0.5, 0.6) is 0 Å². The van der Waals surface area contributed by atoms with Crippen molar-refractivity contribution >= 4 is 22.8 Å². The average Bonchev–Trinajstić information content (AvgIpc) is 3.40. The number of nitrogens with zero attached hydrogens (tertiary/aromatic N) is 5. The fourth-order valence-corrected chi connectivity index (χ4v) is 3.53. The molecule has 1 N–H and O–H groups in total. The quantitative estimate of drug-likeness (QED) is 0.474. The molecule has 7 heteroatoms. The number of nitrogens with one attached hydrogen (secondary N) is 1. The van der Waals surface area contributed by atoms with Crippen LogP contribution in [0, 0.1) is 0 Å². The zero-order valence-corrected chi connectivity index (χ0v) is 16.9. The van der Waals surface area contributed by atoms with Gasteiger partial charge in [0.15, 0.2) is 11.5 Å². The monoisotopic (exact) mass is 408 g/mol. The number of carbonyl (C=O) groups is 1. The average molecular weight is 408 g/mol. The normalized spacial score (nSPS) is 11.0. The maximum absolute atomic E-state index is 13.2. The van der Waals surface area contributed by atoms with Gasteiger partial charge < -0.3 is 5.32 Å². The second-order valence-electron chi connectivity index (χ2n) is 7.27. The predicted octanol–water partition coefficient (Wildman–Crippen LogP) is 4.13. The van der Waals surface area contributed by atoms with E-state index in [9.17, 15) is 4.79 Å². The SMILES string of the molecule is Cn1ccc(NC(=O)c2cc(-c3ccccc3)nc3c2cnn3Cc2ccccc2)n1. The Morgan fingerprint density at radius 1 is 1.00 bits per heavy atom. The Balaban J connectivity index is 1.62. The van der Waals surface area contributed by atoms with E-state index in [0.717, 1.165) is 11.1 Å². The molecule has 0 saturated carbocycles. The minimum absolute atomic E-state index is 0.248. The number of rotatable bonds is 5. The van der Waals surface area contributed by atoms with Crippen molar-refractivity contribution in [3.8, 4) is 11.3 Å². The van der Waals surface area contributed by atoms with E-state index in [2.05, 4.69) is 15.5 Å². The summed E-state index contributed by atoms with van der Waals surface area (Å²) in [6.45, 7) is 0.566. The van der Waals surface area contributed by atoms with Gasteiger partial charge in [-0.3, -0.25) is 9.48 Å². The van der Waals surface area contributed by atoms with Gasteiger partial charge in [-0.15, -0.1) is 0 Å². The topological polar surface area (TPSA) is 77.6 Å². The molecule has 0 spiro atoms. The molecule has 0 unspecified atom stereocenters. The molecule has 1 amide bonds. The first kappa shape index (κ1) is 18.7. The molecular formula is C24H20N6O. The van der Waals surface area contributed by atoms with Crippen molar-refractivity contribution in [2.24, 2.45) is 7.05 Å². The molecule has 3 aromatic heterocycles. The van der Waals surface area contributed by atoms with Crippen molar-refractivity contribution < 1.29 is 4.79 Å². The molecule has 152 valence electrons. The second kappa shape index (κ2) is 7.87. The van der Waals surface area contributed by atoms with Crippen LogP contribution in [0.1, 0.15) is 15.9 Å². The Hall–Kier alpha value is -4.26. The zero-order chi connectivity index (χ0) is 21.2. The van der Waals surface area contributed by atoms with Crippen molar-refractivity contribution in [3.63, 3.8) is 0 Å². The van der Waals surface area contributed by atoms with Crippen LogP contribution in [0.15, 0.2) is 85.2 Å². The number of anilines is 1. The third-order valence-corrected chi connectivity index (χ3v) is 5.05. The van der Waals surface area contributed by atoms with Gasteiger partial charge in [0.1, 0.15) is 0 Å². The summed E-state index contributed by atoms with van der Waals surface area (Å²) in [5, 5.41) is 12.4. The summed E-state index contributed by atoms with van der Waals surface area (Å²) in [5.74, 6) is 0.248. The van der Waals surface area contributed by atoms with Crippen molar-refractivity contribution in [2.45, 2.75) is 6.54 Å². The van der Waals surface area contributed by atoms with Crippen molar-refractivity contribution in [2.75, 3.05) is 5.32 Å². The summed E-state index contributed by atoms with van der Waals surface area (Å²) in [4.78, 5) is 18.0. The molecule has 0 bridgehead atoms. The molecule has 0 atom stereocenters. The Morgan fingerprint density at radius 3 is 2.45 bits per heavy atom. The molecule has 0 radical (unpaired) electrons. The van der Waals surface area contributed by atoms with E-state index in [0.29, 0.717) is 34.7 Å². The van der Waals surface area contributed by atoms with Gasteiger partial charge in [-0.05, 0) is 11.6 Å². The molecule has 5 rings (SSSR count). The van der Waals surface area contributed by atoms with Crippen LogP contribution in [-0.2, 0) is 13.6 Å². The van der Waals surface area contributed by atoms with Crippen molar-refractivity contribution in [1.29, 1.82) is 0 Å². The number of aromatic nitrogens is 5. The number of hydrogen-bond acceptors (Lipinski definition) is 4. The lowest BCUT2D eigenvalue weighted by atomic mass is 10.1. The molecule has 0 aliphatic rings. The fourth-order valence-electron chi connectivity index (χ4n) is 3.53. The molecule has 7 nitrogen and oxygen atoms in total. The number of aryl methyl sites for hydroxylation is 1. The van der Waals surface area contributed by atoms with E-state index in [1.54, 1.807) is 30.2 Å². The molecule has 3 heterocycles. The van der Waals surface area contributed by atoms with E-state index in [1.165, 1.54) is 0 Å². The molecule has 0 aliphatic heterocycles. The zero-order valence-electron chi connectivity index (χ0n) is 16.9. The van der Waals surface area contributed by atoms with E-state index in [4.69, 9.17) is 4.98 Å². The van der Waals surface area contributed by atoms with Crippen molar-refractivity contribution in [1.82, 2.24) is 24.5 Å².